The van der Waals surface area contributed by atoms with Gasteiger partial charge in [-0.3, -0.25) is 4.79 Å². The zero-order valence-corrected chi connectivity index (χ0v) is 8.94. The van der Waals surface area contributed by atoms with Crippen LogP contribution in [0.5, 0.6) is 0 Å². The van der Waals surface area contributed by atoms with Crippen LogP contribution in [0.4, 0.5) is 0 Å². The molecule has 0 aromatic rings. The van der Waals surface area contributed by atoms with Crippen LogP contribution in [0.3, 0.4) is 0 Å². The average Bonchev–Trinajstić information content (AvgIpc) is 1.87. The normalized spacial score (nSPS) is 15.6. The predicted octanol–water partition coefficient (Wildman–Crippen LogP) is 2.07. The molecular weight excluding hydrogens is 206 g/mol. The molecule has 66 valence electrons. The van der Waals surface area contributed by atoms with E-state index in [1.54, 1.807) is 0 Å². The van der Waals surface area contributed by atoms with E-state index in [0.717, 1.165) is 12.8 Å². The first-order chi connectivity index (χ1) is 5.07. The molecule has 0 rings (SSSR count). The maximum Gasteiger partial charge on any atom is 0.233 e. The summed E-state index contributed by atoms with van der Waals surface area (Å²) in [6, 6.07) is 0.299. The Kier molecular flexibility index (Phi) is 5.56. The van der Waals surface area contributed by atoms with Crippen LogP contribution in [0, 0.1) is 0 Å². The van der Waals surface area contributed by atoms with Crippen molar-refractivity contribution in [3.8, 4) is 0 Å². The lowest BCUT2D eigenvalue weighted by atomic mass is 10.2. The number of hydrogen-bond donors (Lipinski definition) is 1. The van der Waals surface area contributed by atoms with Crippen LogP contribution in [0.15, 0.2) is 0 Å². The molecule has 2 atom stereocenters. The zero-order chi connectivity index (χ0) is 8.85. The summed E-state index contributed by atoms with van der Waals surface area (Å²) in [6.07, 6.45) is 2.16. The molecule has 0 saturated heterocycles. The van der Waals surface area contributed by atoms with E-state index in [-0.39, 0.29) is 10.7 Å². The Bertz CT molecular complexity index is 125. The number of rotatable bonds is 4. The molecule has 0 heterocycles. The van der Waals surface area contributed by atoms with Crippen molar-refractivity contribution in [2.24, 2.45) is 0 Å². The Morgan fingerprint density at radius 3 is 2.45 bits per heavy atom. The van der Waals surface area contributed by atoms with Crippen molar-refractivity contribution in [3.63, 3.8) is 0 Å². The first-order valence-electron chi connectivity index (χ1n) is 4.02. The van der Waals surface area contributed by atoms with E-state index in [1.165, 1.54) is 0 Å². The second-order valence-corrected chi connectivity index (χ2v) is 4.19. The highest BCUT2D eigenvalue weighted by atomic mass is 79.9. The van der Waals surface area contributed by atoms with Gasteiger partial charge in [0.1, 0.15) is 0 Å². The van der Waals surface area contributed by atoms with Crippen molar-refractivity contribution in [2.45, 2.75) is 44.5 Å². The molecule has 1 amide bonds. The lowest BCUT2D eigenvalue weighted by Gasteiger charge is -2.13. The summed E-state index contributed by atoms with van der Waals surface area (Å²) >= 11 is 3.21. The second kappa shape index (κ2) is 5.58. The monoisotopic (exact) mass is 221 g/mol. The summed E-state index contributed by atoms with van der Waals surface area (Å²) in [5.74, 6) is 0.0750. The van der Waals surface area contributed by atoms with Gasteiger partial charge in [0.05, 0.1) is 4.83 Å². The van der Waals surface area contributed by atoms with Crippen LogP contribution in [-0.2, 0) is 4.79 Å². The molecule has 0 aliphatic heterocycles. The van der Waals surface area contributed by atoms with E-state index in [0.29, 0.717) is 6.04 Å². The molecule has 3 heteroatoms. The van der Waals surface area contributed by atoms with Crippen molar-refractivity contribution in [2.75, 3.05) is 0 Å². The molecule has 2 unspecified atom stereocenters. The lowest BCUT2D eigenvalue weighted by Crippen LogP contribution is -2.36. The fraction of sp³-hybridized carbons (Fsp3) is 0.875. The van der Waals surface area contributed by atoms with Gasteiger partial charge in [0, 0.05) is 6.04 Å². The van der Waals surface area contributed by atoms with Crippen molar-refractivity contribution in [1.29, 1.82) is 0 Å². The van der Waals surface area contributed by atoms with Gasteiger partial charge >= 0.3 is 0 Å². The average molecular weight is 222 g/mol. The highest BCUT2D eigenvalue weighted by molar-refractivity contribution is 9.10. The predicted molar refractivity (Wildman–Crippen MR) is 50.9 cm³/mol. The Morgan fingerprint density at radius 1 is 1.55 bits per heavy atom. The number of alkyl halides is 1. The van der Waals surface area contributed by atoms with Gasteiger partial charge in [-0.05, 0) is 20.3 Å². The molecule has 0 aliphatic rings. The van der Waals surface area contributed by atoms with Crippen molar-refractivity contribution in [1.82, 2.24) is 5.32 Å². The molecule has 0 saturated carbocycles. The van der Waals surface area contributed by atoms with E-state index in [2.05, 4.69) is 28.2 Å². The Labute approximate surface area is 76.9 Å². The minimum Gasteiger partial charge on any atom is -0.353 e. The molecule has 0 bridgehead atoms. The van der Waals surface area contributed by atoms with Gasteiger partial charge in [0.25, 0.3) is 0 Å². The van der Waals surface area contributed by atoms with Crippen molar-refractivity contribution < 1.29 is 4.79 Å². The number of nitrogens with one attached hydrogen (secondary N) is 1. The van der Waals surface area contributed by atoms with E-state index in [1.807, 2.05) is 13.8 Å². The molecule has 11 heavy (non-hydrogen) atoms. The summed E-state index contributed by atoms with van der Waals surface area (Å²) in [7, 11) is 0. The Morgan fingerprint density at radius 2 is 2.09 bits per heavy atom. The highest BCUT2D eigenvalue weighted by Crippen LogP contribution is 2.00. The lowest BCUT2D eigenvalue weighted by molar-refractivity contribution is -0.120. The summed E-state index contributed by atoms with van der Waals surface area (Å²) in [5, 5.41) is 2.89. The maximum atomic E-state index is 11.1. The first kappa shape index (κ1) is 11.0. The largest absolute Gasteiger partial charge is 0.353 e. The smallest absolute Gasteiger partial charge is 0.233 e. The number of carbonyl (C=O) groups excluding carboxylic acids is 1. The summed E-state index contributed by atoms with van der Waals surface area (Å²) in [5.41, 5.74) is 0. The molecule has 0 spiro atoms. The number of halogens is 1. The van der Waals surface area contributed by atoms with Gasteiger partial charge in [-0.2, -0.15) is 0 Å². The topological polar surface area (TPSA) is 29.1 Å². The van der Waals surface area contributed by atoms with Crippen LogP contribution in [0.25, 0.3) is 0 Å². The van der Waals surface area contributed by atoms with Crippen LogP contribution in [0.2, 0.25) is 0 Å². The molecular formula is C8H16BrNO. The fourth-order valence-corrected chi connectivity index (χ4v) is 0.995. The molecule has 1 N–H and O–H groups in total. The molecule has 0 aromatic heterocycles. The Balaban J connectivity index is 3.57. The van der Waals surface area contributed by atoms with E-state index < -0.39 is 0 Å². The third-order valence-electron chi connectivity index (χ3n) is 1.47. The molecule has 0 fully saturated rings. The second-order valence-electron chi connectivity index (χ2n) is 2.81. The minimum atomic E-state index is -0.0817. The number of hydrogen-bond acceptors (Lipinski definition) is 1. The Hall–Kier alpha value is -0.0500. The third-order valence-corrected chi connectivity index (χ3v) is 1.89. The van der Waals surface area contributed by atoms with Crippen LogP contribution in [0.1, 0.15) is 33.6 Å². The van der Waals surface area contributed by atoms with Crippen LogP contribution >= 0.6 is 15.9 Å². The molecule has 0 aliphatic carbocycles. The minimum absolute atomic E-state index is 0.0750. The van der Waals surface area contributed by atoms with Gasteiger partial charge < -0.3 is 5.32 Å². The van der Waals surface area contributed by atoms with Crippen LogP contribution < -0.4 is 5.32 Å². The van der Waals surface area contributed by atoms with Gasteiger partial charge in [-0.25, -0.2) is 0 Å². The van der Waals surface area contributed by atoms with Crippen molar-refractivity contribution >= 4 is 21.8 Å². The molecule has 0 radical (unpaired) electrons. The standard InChI is InChI=1S/C8H16BrNO/c1-4-5-6(2)10-8(11)7(3)9/h6-7H,4-5H2,1-3H3,(H,10,11). The third kappa shape index (κ3) is 5.24. The first-order valence-corrected chi connectivity index (χ1v) is 4.94. The quantitative estimate of drug-likeness (QED) is 0.725. The van der Waals surface area contributed by atoms with Crippen LogP contribution in [-0.4, -0.2) is 16.8 Å². The van der Waals surface area contributed by atoms with Gasteiger partial charge in [0.2, 0.25) is 5.91 Å². The van der Waals surface area contributed by atoms with Crippen molar-refractivity contribution in [3.05, 3.63) is 0 Å². The highest BCUT2D eigenvalue weighted by Gasteiger charge is 2.10. The SMILES string of the molecule is CCCC(C)NC(=O)C(C)Br. The summed E-state index contributed by atoms with van der Waals surface area (Å²) in [4.78, 5) is 11.0. The van der Waals surface area contributed by atoms with Gasteiger partial charge in [-0.1, -0.05) is 29.3 Å². The van der Waals surface area contributed by atoms with E-state index >= 15 is 0 Å². The fourth-order valence-electron chi connectivity index (χ4n) is 0.863. The van der Waals surface area contributed by atoms with E-state index in [4.69, 9.17) is 0 Å². The van der Waals surface area contributed by atoms with E-state index in [9.17, 15) is 4.79 Å². The molecule has 0 aromatic carbocycles. The van der Waals surface area contributed by atoms with Gasteiger partial charge in [-0.15, -0.1) is 0 Å². The summed E-state index contributed by atoms with van der Waals surface area (Å²) < 4.78 is 0. The molecule has 2 nitrogen and oxygen atoms in total. The zero-order valence-electron chi connectivity index (χ0n) is 7.36. The summed E-state index contributed by atoms with van der Waals surface area (Å²) in [6.45, 7) is 5.96. The number of amides is 1. The van der Waals surface area contributed by atoms with Gasteiger partial charge in [0.15, 0.2) is 0 Å². The maximum absolute atomic E-state index is 11.1. The number of carbonyl (C=O) groups is 1.